The summed E-state index contributed by atoms with van der Waals surface area (Å²) in [7, 11) is 0. The minimum Gasteiger partial charge on any atom is -0.296 e. The van der Waals surface area contributed by atoms with Crippen molar-refractivity contribution in [1.82, 2.24) is 14.4 Å². The van der Waals surface area contributed by atoms with Crippen molar-refractivity contribution < 1.29 is 4.79 Å². The molecule has 0 radical (unpaired) electrons. The summed E-state index contributed by atoms with van der Waals surface area (Å²) in [5.41, 5.74) is 4.66. The van der Waals surface area contributed by atoms with Crippen LogP contribution in [-0.2, 0) is 0 Å². The number of imidazole rings is 1. The van der Waals surface area contributed by atoms with Crippen molar-refractivity contribution in [3.05, 3.63) is 78.2 Å². The normalized spacial score (nSPS) is 10.5. The molecule has 5 heteroatoms. The lowest BCUT2D eigenvalue weighted by atomic mass is 9.98. The predicted molar refractivity (Wildman–Crippen MR) is 94.0 cm³/mol. The van der Waals surface area contributed by atoms with Crippen molar-refractivity contribution in [2.24, 2.45) is 0 Å². The standard InChI is InChI=1S/C20H12N4O/c21-11-16-4-1-2-7-18(16)14-5-3-6-15(10-14)19-12-22-20-23-17(13-25)8-9-24(19)20/h1-10,12-13H. The van der Waals surface area contributed by atoms with Crippen molar-refractivity contribution in [3.8, 4) is 28.5 Å². The summed E-state index contributed by atoms with van der Waals surface area (Å²) in [5, 5.41) is 9.32. The highest BCUT2D eigenvalue weighted by Crippen LogP contribution is 2.28. The van der Waals surface area contributed by atoms with E-state index in [1.807, 2.05) is 46.9 Å². The second-order valence-corrected chi connectivity index (χ2v) is 5.52. The van der Waals surface area contributed by atoms with E-state index in [2.05, 4.69) is 16.0 Å². The molecule has 0 aliphatic rings. The third kappa shape index (κ3) is 2.56. The molecule has 5 nitrogen and oxygen atoms in total. The van der Waals surface area contributed by atoms with Gasteiger partial charge in [0.2, 0.25) is 5.78 Å². The number of carbonyl (C=O) groups excluding carboxylic acids is 1. The largest absolute Gasteiger partial charge is 0.296 e. The predicted octanol–water partition coefficient (Wildman–Crippen LogP) is 3.75. The van der Waals surface area contributed by atoms with E-state index in [1.165, 1.54) is 0 Å². The quantitative estimate of drug-likeness (QED) is 0.538. The molecule has 0 aliphatic carbocycles. The monoisotopic (exact) mass is 324 g/mol. The van der Waals surface area contributed by atoms with E-state index in [4.69, 9.17) is 0 Å². The molecule has 118 valence electrons. The Kier molecular flexibility index (Phi) is 3.56. The van der Waals surface area contributed by atoms with Gasteiger partial charge in [0.15, 0.2) is 6.29 Å². The number of carbonyl (C=O) groups is 1. The zero-order valence-electron chi connectivity index (χ0n) is 13.1. The van der Waals surface area contributed by atoms with E-state index in [1.54, 1.807) is 24.5 Å². The maximum absolute atomic E-state index is 10.9. The number of rotatable bonds is 3. The molecule has 0 atom stereocenters. The highest BCUT2D eigenvalue weighted by Gasteiger charge is 2.10. The molecule has 2 aromatic carbocycles. The van der Waals surface area contributed by atoms with Gasteiger partial charge < -0.3 is 0 Å². The lowest BCUT2D eigenvalue weighted by Gasteiger charge is -2.07. The lowest BCUT2D eigenvalue weighted by Crippen LogP contribution is -1.94. The van der Waals surface area contributed by atoms with Crippen LogP contribution in [0, 0.1) is 11.3 Å². The van der Waals surface area contributed by atoms with E-state index in [0.717, 1.165) is 22.4 Å². The summed E-state index contributed by atoms with van der Waals surface area (Å²) in [6.07, 6.45) is 4.21. The molecular weight excluding hydrogens is 312 g/mol. The number of aldehydes is 1. The summed E-state index contributed by atoms with van der Waals surface area (Å²) in [4.78, 5) is 19.3. The molecule has 0 unspecified atom stereocenters. The van der Waals surface area contributed by atoms with Gasteiger partial charge in [0.05, 0.1) is 23.5 Å². The van der Waals surface area contributed by atoms with Crippen molar-refractivity contribution in [2.75, 3.05) is 0 Å². The highest BCUT2D eigenvalue weighted by molar-refractivity contribution is 5.76. The lowest BCUT2D eigenvalue weighted by molar-refractivity contribution is 0.111. The Hall–Kier alpha value is -3.78. The van der Waals surface area contributed by atoms with Crippen LogP contribution in [0.15, 0.2) is 67.0 Å². The van der Waals surface area contributed by atoms with E-state index >= 15 is 0 Å². The maximum Gasteiger partial charge on any atom is 0.234 e. The Bertz CT molecular complexity index is 1140. The number of nitrogens with zero attached hydrogens (tertiary/aromatic N) is 4. The molecule has 0 N–H and O–H groups in total. The van der Waals surface area contributed by atoms with Crippen LogP contribution in [0.2, 0.25) is 0 Å². The molecule has 0 amide bonds. The molecule has 0 aliphatic heterocycles. The number of nitriles is 1. The van der Waals surface area contributed by atoms with Gasteiger partial charge >= 0.3 is 0 Å². The molecule has 25 heavy (non-hydrogen) atoms. The molecule has 0 saturated heterocycles. The molecule has 2 heterocycles. The third-order valence-electron chi connectivity index (χ3n) is 4.04. The van der Waals surface area contributed by atoms with Crippen molar-refractivity contribution in [3.63, 3.8) is 0 Å². The zero-order chi connectivity index (χ0) is 17.2. The number of hydrogen-bond acceptors (Lipinski definition) is 4. The van der Waals surface area contributed by atoms with E-state index < -0.39 is 0 Å². The van der Waals surface area contributed by atoms with Crippen molar-refractivity contribution in [2.45, 2.75) is 0 Å². The van der Waals surface area contributed by atoms with Gasteiger partial charge in [-0.2, -0.15) is 5.26 Å². The van der Waals surface area contributed by atoms with Gasteiger partial charge in [-0.15, -0.1) is 0 Å². The third-order valence-corrected chi connectivity index (χ3v) is 4.04. The van der Waals surface area contributed by atoms with Gasteiger partial charge in [-0.25, -0.2) is 9.97 Å². The maximum atomic E-state index is 10.9. The summed E-state index contributed by atoms with van der Waals surface area (Å²) in [5.74, 6) is 0.474. The molecule has 4 rings (SSSR count). The van der Waals surface area contributed by atoms with Crippen molar-refractivity contribution >= 4 is 12.1 Å². The van der Waals surface area contributed by atoms with E-state index in [9.17, 15) is 10.1 Å². The van der Waals surface area contributed by atoms with E-state index in [-0.39, 0.29) is 0 Å². The zero-order valence-corrected chi connectivity index (χ0v) is 13.1. The molecular formula is C20H12N4O. The molecule has 0 spiro atoms. The number of benzene rings is 2. The molecule has 2 aromatic heterocycles. The Morgan fingerprint density at radius 2 is 1.88 bits per heavy atom. The highest BCUT2D eigenvalue weighted by atomic mass is 16.1. The summed E-state index contributed by atoms with van der Waals surface area (Å²) in [6.45, 7) is 0. The Morgan fingerprint density at radius 3 is 2.72 bits per heavy atom. The van der Waals surface area contributed by atoms with Gasteiger partial charge in [-0.1, -0.05) is 36.4 Å². The minimum absolute atomic E-state index is 0.348. The first-order valence-corrected chi connectivity index (χ1v) is 7.69. The minimum atomic E-state index is 0.348. The first kappa shape index (κ1) is 14.8. The van der Waals surface area contributed by atoms with Crippen LogP contribution < -0.4 is 0 Å². The number of hydrogen-bond donors (Lipinski definition) is 0. The van der Waals surface area contributed by atoms with Crippen LogP contribution in [0.3, 0.4) is 0 Å². The summed E-state index contributed by atoms with van der Waals surface area (Å²) >= 11 is 0. The number of aromatic nitrogens is 3. The van der Waals surface area contributed by atoms with Gasteiger partial charge in [-0.05, 0) is 29.3 Å². The average Bonchev–Trinajstić information content (AvgIpc) is 3.11. The fourth-order valence-corrected chi connectivity index (χ4v) is 2.84. The summed E-state index contributed by atoms with van der Waals surface area (Å²) < 4.78 is 1.84. The first-order valence-electron chi connectivity index (χ1n) is 7.69. The van der Waals surface area contributed by atoms with Gasteiger partial charge in [0.25, 0.3) is 0 Å². The number of fused-ring (bicyclic) bond motifs is 1. The van der Waals surface area contributed by atoms with E-state index in [0.29, 0.717) is 23.3 Å². The Balaban J connectivity index is 1.85. The van der Waals surface area contributed by atoms with Crippen LogP contribution in [0.25, 0.3) is 28.2 Å². The van der Waals surface area contributed by atoms with Gasteiger partial charge in [0, 0.05) is 11.8 Å². The van der Waals surface area contributed by atoms with Crippen LogP contribution in [0.1, 0.15) is 16.1 Å². The van der Waals surface area contributed by atoms with Gasteiger partial charge in [0.1, 0.15) is 5.69 Å². The molecule has 0 bridgehead atoms. The molecule has 4 aromatic rings. The SMILES string of the molecule is N#Cc1ccccc1-c1cccc(-c2cnc3nc(C=O)ccn23)c1. The Morgan fingerprint density at radius 1 is 1.04 bits per heavy atom. The average molecular weight is 324 g/mol. The smallest absolute Gasteiger partial charge is 0.234 e. The van der Waals surface area contributed by atoms with Gasteiger partial charge in [-0.3, -0.25) is 9.20 Å². The molecule has 0 fully saturated rings. The van der Waals surface area contributed by atoms with Crippen LogP contribution in [0.4, 0.5) is 0 Å². The summed E-state index contributed by atoms with van der Waals surface area (Å²) in [6, 6.07) is 19.3. The fraction of sp³-hybridized carbons (Fsp3) is 0. The van der Waals surface area contributed by atoms with Crippen LogP contribution >= 0.6 is 0 Å². The second kappa shape index (κ2) is 6.02. The second-order valence-electron chi connectivity index (χ2n) is 5.52. The Labute approximate surface area is 143 Å². The fourth-order valence-electron chi connectivity index (χ4n) is 2.84. The van der Waals surface area contributed by atoms with Crippen LogP contribution in [-0.4, -0.2) is 20.7 Å². The topological polar surface area (TPSA) is 71.0 Å². The first-order chi connectivity index (χ1) is 12.3. The molecule has 0 saturated carbocycles. The van der Waals surface area contributed by atoms with Crippen LogP contribution in [0.5, 0.6) is 0 Å². The van der Waals surface area contributed by atoms with Crippen molar-refractivity contribution in [1.29, 1.82) is 5.26 Å².